The lowest BCUT2D eigenvalue weighted by Crippen LogP contribution is -2.41. The Morgan fingerprint density at radius 2 is 1.69 bits per heavy atom. The average molecular weight is 442 g/mol. The fourth-order valence-corrected chi connectivity index (χ4v) is 5.20. The summed E-state index contributed by atoms with van der Waals surface area (Å²) in [5, 5.41) is 2.44. The average Bonchev–Trinajstić information content (AvgIpc) is 2.68. The molecule has 0 spiro atoms. The molecule has 0 saturated carbocycles. The summed E-state index contributed by atoms with van der Waals surface area (Å²) in [6.07, 6.45) is 1.00. The highest BCUT2D eigenvalue weighted by atomic mass is 32.2. The number of morpholine rings is 1. The predicted octanol–water partition coefficient (Wildman–Crippen LogP) is 1.50. The number of amides is 1. The Balaban J connectivity index is 1.93. The first-order valence-corrected chi connectivity index (χ1v) is 11.9. The number of rotatable bonds is 5. The number of halogens is 1. The summed E-state index contributed by atoms with van der Waals surface area (Å²) in [4.78, 5) is 11.9. The van der Waals surface area contributed by atoms with E-state index in [1.54, 1.807) is 6.07 Å². The van der Waals surface area contributed by atoms with Crippen molar-refractivity contribution in [1.82, 2.24) is 4.31 Å². The highest BCUT2D eigenvalue weighted by molar-refractivity contribution is 7.91. The van der Waals surface area contributed by atoms with E-state index in [2.05, 4.69) is 5.32 Å². The number of nitrogens with one attached hydrogen (secondary N) is 1. The standard InChI is InChI=1S/C18H19FN2O6S2/c1-28(23,24)16-5-3-2-4-15(16)20-18(22)13-6-7-14(19)17(12-13)29(25,26)21-8-10-27-11-9-21/h2-7,12H,8-11H2,1H3,(H,20,22). The molecule has 1 amide bonds. The van der Waals surface area contributed by atoms with Crippen LogP contribution in [-0.4, -0.2) is 59.6 Å². The van der Waals surface area contributed by atoms with Crippen molar-refractivity contribution in [3.63, 3.8) is 0 Å². The maximum atomic E-state index is 14.3. The van der Waals surface area contributed by atoms with Gasteiger partial charge in [0.2, 0.25) is 10.0 Å². The van der Waals surface area contributed by atoms with Crippen molar-refractivity contribution in [2.75, 3.05) is 37.9 Å². The zero-order chi connectivity index (χ0) is 21.2. The molecule has 8 nitrogen and oxygen atoms in total. The largest absolute Gasteiger partial charge is 0.379 e. The van der Waals surface area contributed by atoms with Gasteiger partial charge in [0.15, 0.2) is 9.84 Å². The molecular weight excluding hydrogens is 423 g/mol. The number of anilines is 1. The van der Waals surface area contributed by atoms with E-state index in [9.17, 15) is 26.0 Å². The van der Waals surface area contributed by atoms with E-state index in [1.165, 1.54) is 18.2 Å². The number of sulfone groups is 1. The molecule has 0 radical (unpaired) electrons. The topological polar surface area (TPSA) is 110 Å². The minimum Gasteiger partial charge on any atom is -0.379 e. The van der Waals surface area contributed by atoms with E-state index in [-0.39, 0.29) is 42.4 Å². The maximum Gasteiger partial charge on any atom is 0.255 e. The third-order valence-corrected chi connectivity index (χ3v) is 7.38. The van der Waals surface area contributed by atoms with Crippen molar-refractivity contribution < 1.29 is 30.8 Å². The van der Waals surface area contributed by atoms with Gasteiger partial charge in [0.1, 0.15) is 10.7 Å². The van der Waals surface area contributed by atoms with Crippen LogP contribution in [0.4, 0.5) is 10.1 Å². The molecule has 1 aliphatic heterocycles. The Kier molecular flexibility index (Phi) is 6.03. The first-order valence-electron chi connectivity index (χ1n) is 8.58. The quantitative estimate of drug-likeness (QED) is 0.752. The number of hydrogen-bond donors (Lipinski definition) is 1. The number of para-hydroxylation sites is 1. The smallest absolute Gasteiger partial charge is 0.255 e. The van der Waals surface area contributed by atoms with Crippen LogP contribution in [0.15, 0.2) is 52.3 Å². The minimum absolute atomic E-state index is 0.0434. The lowest BCUT2D eigenvalue weighted by Gasteiger charge is -2.26. The van der Waals surface area contributed by atoms with Crippen molar-refractivity contribution >= 4 is 31.5 Å². The Hall–Kier alpha value is -2.34. The van der Waals surface area contributed by atoms with Crippen LogP contribution in [-0.2, 0) is 24.6 Å². The lowest BCUT2D eigenvalue weighted by molar-refractivity contribution is 0.0729. The van der Waals surface area contributed by atoms with Gasteiger partial charge in [-0.15, -0.1) is 0 Å². The van der Waals surface area contributed by atoms with Crippen molar-refractivity contribution in [2.24, 2.45) is 0 Å². The summed E-state index contributed by atoms with van der Waals surface area (Å²) in [5.41, 5.74) is -0.0801. The van der Waals surface area contributed by atoms with E-state index in [0.29, 0.717) is 0 Å². The van der Waals surface area contributed by atoms with Gasteiger partial charge in [-0.25, -0.2) is 21.2 Å². The summed E-state index contributed by atoms with van der Waals surface area (Å²) in [7, 11) is -7.75. The van der Waals surface area contributed by atoms with Crippen LogP contribution in [0, 0.1) is 5.82 Å². The summed E-state index contributed by atoms with van der Waals surface area (Å²) in [6, 6.07) is 8.77. The van der Waals surface area contributed by atoms with E-state index in [4.69, 9.17) is 4.74 Å². The normalized spacial score (nSPS) is 15.8. The second-order valence-corrected chi connectivity index (χ2v) is 10.3. The molecule has 3 rings (SSSR count). The van der Waals surface area contributed by atoms with Crippen LogP contribution >= 0.6 is 0 Å². The van der Waals surface area contributed by atoms with Crippen LogP contribution in [0.2, 0.25) is 0 Å². The minimum atomic E-state index is -4.15. The highest BCUT2D eigenvalue weighted by Gasteiger charge is 2.30. The van der Waals surface area contributed by atoms with Gasteiger partial charge in [0.05, 0.1) is 23.8 Å². The Morgan fingerprint density at radius 1 is 1.03 bits per heavy atom. The van der Waals surface area contributed by atoms with Crippen molar-refractivity contribution in [1.29, 1.82) is 0 Å². The molecular formula is C18H19FN2O6S2. The first-order chi connectivity index (χ1) is 13.6. The van der Waals surface area contributed by atoms with Crippen LogP contribution in [0.1, 0.15) is 10.4 Å². The van der Waals surface area contributed by atoms with E-state index >= 15 is 0 Å². The number of carbonyl (C=O) groups excluding carboxylic acids is 1. The molecule has 1 heterocycles. The SMILES string of the molecule is CS(=O)(=O)c1ccccc1NC(=O)c1ccc(F)c(S(=O)(=O)N2CCOCC2)c1. The Morgan fingerprint density at radius 3 is 2.34 bits per heavy atom. The van der Waals surface area contributed by atoms with Crippen LogP contribution < -0.4 is 5.32 Å². The van der Waals surface area contributed by atoms with E-state index < -0.39 is 36.5 Å². The van der Waals surface area contributed by atoms with Gasteiger partial charge in [-0.3, -0.25) is 4.79 Å². The molecule has 0 aliphatic carbocycles. The number of hydrogen-bond acceptors (Lipinski definition) is 6. The molecule has 1 N–H and O–H groups in total. The summed E-state index contributed by atoms with van der Waals surface area (Å²) >= 11 is 0. The summed E-state index contributed by atoms with van der Waals surface area (Å²) in [5.74, 6) is -1.75. The van der Waals surface area contributed by atoms with Gasteiger partial charge >= 0.3 is 0 Å². The van der Waals surface area contributed by atoms with Gasteiger partial charge in [-0.05, 0) is 30.3 Å². The number of carbonyl (C=O) groups is 1. The van der Waals surface area contributed by atoms with Crippen LogP contribution in [0.25, 0.3) is 0 Å². The molecule has 0 atom stereocenters. The predicted molar refractivity (Wildman–Crippen MR) is 103 cm³/mol. The Labute approximate surface area is 168 Å². The second-order valence-electron chi connectivity index (χ2n) is 6.38. The first kappa shape index (κ1) is 21.4. The number of sulfonamides is 1. The molecule has 0 aromatic heterocycles. The molecule has 11 heteroatoms. The van der Waals surface area contributed by atoms with E-state index in [0.717, 1.165) is 28.8 Å². The maximum absolute atomic E-state index is 14.3. The number of benzene rings is 2. The third kappa shape index (κ3) is 4.64. The van der Waals surface area contributed by atoms with Gasteiger partial charge < -0.3 is 10.1 Å². The third-order valence-electron chi connectivity index (χ3n) is 4.32. The molecule has 1 fully saturated rings. The molecule has 0 bridgehead atoms. The van der Waals surface area contributed by atoms with Crippen LogP contribution in [0.5, 0.6) is 0 Å². The number of ether oxygens (including phenoxy) is 1. The van der Waals surface area contributed by atoms with E-state index in [1.807, 2.05) is 0 Å². The summed E-state index contributed by atoms with van der Waals surface area (Å²) < 4.78 is 69.7. The Bertz CT molecular complexity index is 1140. The molecule has 1 saturated heterocycles. The van der Waals surface area contributed by atoms with Crippen molar-refractivity contribution in [3.05, 3.63) is 53.8 Å². The molecule has 0 unspecified atom stereocenters. The molecule has 29 heavy (non-hydrogen) atoms. The zero-order valence-electron chi connectivity index (χ0n) is 15.5. The second kappa shape index (κ2) is 8.19. The fourth-order valence-electron chi connectivity index (χ4n) is 2.86. The van der Waals surface area contributed by atoms with Crippen LogP contribution in [0.3, 0.4) is 0 Å². The van der Waals surface area contributed by atoms with Gasteiger partial charge in [0.25, 0.3) is 5.91 Å². The van der Waals surface area contributed by atoms with Gasteiger partial charge in [0, 0.05) is 24.9 Å². The van der Waals surface area contributed by atoms with Gasteiger partial charge in [-0.2, -0.15) is 4.31 Å². The number of nitrogens with zero attached hydrogens (tertiary/aromatic N) is 1. The summed E-state index contributed by atoms with van der Waals surface area (Å²) in [6.45, 7) is 0.562. The zero-order valence-corrected chi connectivity index (χ0v) is 17.1. The van der Waals surface area contributed by atoms with Gasteiger partial charge in [-0.1, -0.05) is 12.1 Å². The molecule has 2 aromatic rings. The van der Waals surface area contributed by atoms with Crippen molar-refractivity contribution in [3.8, 4) is 0 Å². The fraction of sp³-hybridized carbons (Fsp3) is 0.278. The molecule has 156 valence electrons. The highest BCUT2D eigenvalue weighted by Crippen LogP contribution is 2.24. The lowest BCUT2D eigenvalue weighted by atomic mass is 10.2. The molecule has 2 aromatic carbocycles. The molecule has 1 aliphatic rings. The van der Waals surface area contributed by atoms with Crippen molar-refractivity contribution in [2.45, 2.75) is 9.79 Å². The monoisotopic (exact) mass is 442 g/mol.